The highest BCUT2D eigenvalue weighted by atomic mass is 16.6. The van der Waals surface area contributed by atoms with Crippen LogP contribution in [0.15, 0.2) is 109 Å². The summed E-state index contributed by atoms with van der Waals surface area (Å²) in [5, 5.41) is 0. The van der Waals surface area contributed by atoms with Crippen LogP contribution in [0.4, 0.5) is 0 Å². The van der Waals surface area contributed by atoms with Crippen LogP contribution in [-0.4, -0.2) is 37.9 Å². The topological polar surface area (TPSA) is 61.8 Å². The predicted octanol–water partition coefficient (Wildman–Crippen LogP) is 16.4. The van der Waals surface area contributed by atoms with Gasteiger partial charge in [0.2, 0.25) is 0 Å². The fourth-order valence-corrected chi connectivity index (χ4v) is 6.14. The molecule has 0 saturated heterocycles. The average Bonchev–Trinajstić information content (AvgIpc) is 3.25. The van der Waals surface area contributed by atoms with Gasteiger partial charge in [-0.15, -0.1) is 0 Å². The van der Waals surface area contributed by atoms with Crippen molar-refractivity contribution in [1.82, 2.24) is 0 Å². The Hall–Kier alpha value is -3.44. The Morgan fingerprint density at radius 3 is 1.35 bits per heavy atom. The number of rotatable bonds is 43. The lowest BCUT2D eigenvalue weighted by Gasteiger charge is -2.18. The molecule has 0 rings (SSSR count). The molecular formula is C55H90O5. The van der Waals surface area contributed by atoms with E-state index in [0.717, 1.165) is 89.9 Å². The summed E-state index contributed by atoms with van der Waals surface area (Å²) in [4.78, 5) is 25.3. The Labute approximate surface area is 370 Å². The second-order valence-corrected chi connectivity index (χ2v) is 15.6. The number of allylic oxidation sites excluding steroid dienone is 18. The van der Waals surface area contributed by atoms with E-state index in [4.69, 9.17) is 14.2 Å². The van der Waals surface area contributed by atoms with Gasteiger partial charge >= 0.3 is 11.9 Å². The summed E-state index contributed by atoms with van der Waals surface area (Å²) >= 11 is 0. The number of hydrogen-bond donors (Lipinski definition) is 0. The van der Waals surface area contributed by atoms with Gasteiger partial charge in [-0.05, 0) is 103 Å². The lowest BCUT2D eigenvalue weighted by atomic mass is 10.1. The molecule has 0 fully saturated rings. The van der Waals surface area contributed by atoms with Crippen LogP contribution in [0.5, 0.6) is 0 Å². The van der Waals surface area contributed by atoms with E-state index in [-0.39, 0.29) is 25.2 Å². The summed E-state index contributed by atoms with van der Waals surface area (Å²) in [6, 6.07) is 0. The quantitative estimate of drug-likeness (QED) is 0.0348. The number of carbonyl (C=O) groups is 2. The lowest BCUT2D eigenvalue weighted by Crippen LogP contribution is -2.30. The summed E-state index contributed by atoms with van der Waals surface area (Å²) in [6.45, 7) is 7.48. The van der Waals surface area contributed by atoms with Gasteiger partial charge in [-0.3, -0.25) is 9.59 Å². The maximum absolute atomic E-state index is 12.7. The first-order chi connectivity index (χ1) is 29.6. The maximum Gasteiger partial charge on any atom is 0.306 e. The molecule has 5 nitrogen and oxygen atoms in total. The molecule has 0 amide bonds. The van der Waals surface area contributed by atoms with Crippen molar-refractivity contribution in [1.29, 1.82) is 0 Å². The summed E-state index contributed by atoms with van der Waals surface area (Å²) in [5.41, 5.74) is 0. The van der Waals surface area contributed by atoms with E-state index in [1.165, 1.54) is 70.6 Å². The molecule has 60 heavy (non-hydrogen) atoms. The molecule has 0 heterocycles. The largest absolute Gasteiger partial charge is 0.462 e. The Kier molecular flexibility index (Phi) is 47.1. The number of carbonyl (C=O) groups excluding carboxylic acids is 2. The van der Waals surface area contributed by atoms with Gasteiger partial charge in [0.1, 0.15) is 6.61 Å². The highest BCUT2D eigenvalue weighted by molar-refractivity contribution is 5.70. The van der Waals surface area contributed by atoms with Crippen LogP contribution >= 0.6 is 0 Å². The van der Waals surface area contributed by atoms with Gasteiger partial charge in [0, 0.05) is 19.4 Å². The van der Waals surface area contributed by atoms with Crippen molar-refractivity contribution in [2.45, 2.75) is 207 Å². The van der Waals surface area contributed by atoms with Gasteiger partial charge in [0.15, 0.2) is 6.10 Å². The number of ether oxygens (including phenoxy) is 3. The minimum absolute atomic E-state index is 0.0313. The number of esters is 2. The highest BCUT2D eigenvalue weighted by Crippen LogP contribution is 2.12. The van der Waals surface area contributed by atoms with E-state index in [2.05, 4.69) is 124 Å². The molecule has 1 atom stereocenters. The molecule has 0 radical (unpaired) electrons. The smallest absolute Gasteiger partial charge is 0.306 e. The van der Waals surface area contributed by atoms with Gasteiger partial charge in [-0.1, -0.05) is 194 Å². The first-order valence-corrected chi connectivity index (χ1v) is 24.4. The van der Waals surface area contributed by atoms with Crippen LogP contribution < -0.4 is 0 Å². The third-order valence-corrected chi connectivity index (χ3v) is 9.76. The van der Waals surface area contributed by atoms with Crippen LogP contribution in [0.2, 0.25) is 0 Å². The monoisotopic (exact) mass is 831 g/mol. The third kappa shape index (κ3) is 47.2. The average molecular weight is 831 g/mol. The number of unbranched alkanes of at least 4 members (excludes halogenated alkanes) is 14. The molecule has 0 aliphatic heterocycles. The SMILES string of the molecule is CC/C=C\C/C=C\C/C=C\C/C=C\C/C=C\C/C=C\CCC(=O)OCC(COCCCCCCCC/C=C\C/C=C\CCC)OC(=O)CCCCCCC/C=C\CCCC. The summed E-state index contributed by atoms with van der Waals surface area (Å²) in [6.07, 6.45) is 68.2. The summed E-state index contributed by atoms with van der Waals surface area (Å²) in [7, 11) is 0. The minimum Gasteiger partial charge on any atom is -0.462 e. The van der Waals surface area contributed by atoms with E-state index in [1.807, 2.05) is 6.08 Å². The van der Waals surface area contributed by atoms with Crippen molar-refractivity contribution in [2.75, 3.05) is 19.8 Å². The molecule has 0 spiro atoms. The van der Waals surface area contributed by atoms with E-state index in [9.17, 15) is 9.59 Å². The summed E-state index contributed by atoms with van der Waals surface area (Å²) < 4.78 is 17.3. The first-order valence-electron chi connectivity index (χ1n) is 24.4. The van der Waals surface area contributed by atoms with Crippen molar-refractivity contribution in [2.24, 2.45) is 0 Å². The molecule has 0 saturated carbocycles. The molecule has 5 heteroatoms. The third-order valence-electron chi connectivity index (χ3n) is 9.76. The Bertz CT molecular complexity index is 1210. The van der Waals surface area contributed by atoms with E-state index in [0.29, 0.717) is 25.9 Å². The molecule has 0 aliphatic rings. The van der Waals surface area contributed by atoms with Gasteiger partial charge in [0.05, 0.1) is 6.61 Å². The molecule has 0 aromatic carbocycles. The Morgan fingerprint density at radius 2 is 0.817 bits per heavy atom. The molecule has 0 bridgehead atoms. The molecule has 0 aromatic heterocycles. The van der Waals surface area contributed by atoms with Crippen LogP contribution in [0.1, 0.15) is 201 Å². The predicted molar refractivity (Wildman–Crippen MR) is 260 cm³/mol. The zero-order valence-electron chi connectivity index (χ0n) is 38.9. The zero-order chi connectivity index (χ0) is 43.5. The lowest BCUT2D eigenvalue weighted by molar-refractivity contribution is -0.162. The van der Waals surface area contributed by atoms with Crippen molar-refractivity contribution in [3.05, 3.63) is 109 Å². The first kappa shape index (κ1) is 56.6. The van der Waals surface area contributed by atoms with Crippen molar-refractivity contribution in [3.63, 3.8) is 0 Å². The molecular weight excluding hydrogens is 741 g/mol. The normalized spacial score (nSPS) is 13.2. The van der Waals surface area contributed by atoms with Crippen molar-refractivity contribution >= 4 is 11.9 Å². The summed E-state index contributed by atoms with van der Waals surface area (Å²) in [5.74, 6) is -0.519. The number of hydrogen-bond acceptors (Lipinski definition) is 5. The van der Waals surface area contributed by atoms with Gasteiger partial charge in [-0.25, -0.2) is 0 Å². The van der Waals surface area contributed by atoms with Gasteiger partial charge in [0.25, 0.3) is 0 Å². The molecule has 1 unspecified atom stereocenters. The second-order valence-electron chi connectivity index (χ2n) is 15.6. The fourth-order valence-electron chi connectivity index (χ4n) is 6.14. The van der Waals surface area contributed by atoms with Crippen molar-refractivity contribution < 1.29 is 23.8 Å². The van der Waals surface area contributed by atoms with Crippen LogP contribution in [0, 0.1) is 0 Å². The Morgan fingerprint density at radius 1 is 0.383 bits per heavy atom. The minimum atomic E-state index is -0.581. The maximum atomic E-state index is 12.7. The standard InChI is InChI=1S/C55H90O5/c1-4-7-10-13-16-19-22-24-26-27-28-29-30-31-34-36-39-42-45-48-54(56)59-52-53(60-55(57)49-46-43-40-37-33-21-18-15-12-9-6-3)51-58-50-47-44-41-38-35-32-25-23-20-17-14-11-8-5-2/h7,10-11,14-16,18-20,23-24,26,28-29,31,34,39,42,53H,4-6,8-9,12-13,17,21-22,25,27,30,32-33,35-38,40-41,43-52H2,1-3H3/b10-7-,14-11-,18-15-,19-16-,23-20-,26-24-,29-28-,34-31-,42-39-. The fraction of sp³-hybridized carbons (Fsp3) is 0.636. The molecule has 0 N–H and O–H groups in total. The molecule has 340 valence electrons. The van der Waals surface area contributed by atoms with Gasteiger partial charge in [-0.2, -0.15) is 0 Å². The molecule has 0 aromatic rings. The highest BCUT2D eigenvalue weighted by Gasteiger charge is 2.17. The van der Waals surface area contributed by atoms with Crippen LogP contribution in [-0.2, 0) is 23.8 Å². The van der Waals surface area contributed by atoms with Crippen LogP contribution in [0.25, 0.3) is 0 Å². The van der Waals surface area contributed by atoms with Crippen LogP contribution in [0.3, 0.4) is 0 Å². The van der Waals surface area contributed by atoms with Gasteiger partial charge < -0.3 is 14.2 Å². The van der Waals surface area contributed by atoms with E-state index >= 15 is 0 Å². The van der Waals surface area contributed by atoms with E-state index < -0.39 is 6.10 Å². The zero-order valence-corrected chi connectivity index (χ0v) is 38.9. The van der Waals surface area contributed by atoms with E-state index in [1.54, 1.807) is 0 Å². The molecule has 0 aliphatic carbocycles. The van der Waals surface area contributed by atoms with Crippen molar-refractivity contribution in [3.8, 4) is 0 Å². The second kappa shape index (κ2) is 49.9. The Balaban J connectivity index is 4.40.